The van der Waals surface area contributed by atoms with Gasteiger partial charge < -0.3 is 29.7 Å². The summed E-state index contributed by atoms with van der Waals surface area (Å²) in [6.45, 7) is 5.52. The van der Waals surface area contributed by atoms with E-state index >= 15 is 0 Å². The molecular formula is C28H32BrN7O5. The van der Waals surface area contributed by atoms with Crippen molar-refractivity contribution < 1.29 is 23.8 Å². The number of aromatic nitrogens is 4. The number of nitrogens with one attached hydrogen (secondary N) is 2. The van der Waals surface area contributed by atoms with Gasteiger partial charge in [0.05, 0.1) is 29.4 Å². The summed E-state index contributed by atoms with van der Waals surface area (Å²) in [4.78, 5) is 28.4. The molecule has 5 rings (SSSR count). The Morgan fingerprint density at radius 1 is 1.12 bits per heavy atom. The number of methoxy groups -OCH3 is 1. The predicted molar refractivity (Wildman–Crippen MR) is 155 cm³/mol. The van der Waals surface area contributed by atoms with Crippen molar-refractivity contribution >= 4 is 39.4 Å². The number of tetrazole rings is 1. The maximum atomic E-state index is 13.8. The Morgan fingerprint density at radius 2 is 1.90 bits per heavy atom. The molecule has 1 fully saturated rings. The molecule has 0 spiro atoms. The van der Waals surface area contributed by atoms with E-state index in [0.29, 0.717) is 56.8 Å². The number of benzene rings is 2. The van der Waals surface area contributed by atoms with Crippen LogP contribution in [0, 0.1) is 0 Å². The molecule has 41 heavy (non-hydrogen) atoms. The molecule has 1 unspecified atom stereocenters. The van der Waals surface area contributed by atoms with E-state index in [1.807, 2.05) is 30.0 Å². The zero-order valence-corrected chi connectivity index (χ0v) is 24.7. The molecular weight excluding hydrogens is 594 g/mol. The highest BCUT2D eigenvalue weighted by Gasteiger charge is 2.35. The number of anilines is 2. The molecule has 13 heteroatoms. The quantitative estimate of drug-likeness (QED) is 0.359. The first-order chi connectivity index (χ1) is 19.9. The van der Waals surface area contributed by atoms with E-state index < -0.39 is 6.04 Å². The summed E-state index contributed by atoms with van der Waals surface area (Å²) >= 11 is 3.60. The van der Waals surface area contributed by atoms with E-state index in [1.54, 1.807) is 25.1 Å². The van der Waals surface area contributed by atoms with E-state index in [9.17, 15) is 9.59 Å². The first-order valence-electron chi connectivity index (χ1n) is 13.5. The molecule has 1 atom stereocenters. The van der Waals surface area contributed by atoms with Gasteiger partial charge in [-0.05, 0) is 89.3 Å². The monoisotopic (exact) mass is 625 g/mol. The number of nitrogens with zero attached hydrogens (tertiary/aromatic N) is 5. The molecule has 1 aromatic heterocycles. The number of hydrogen-bond acceptors (Lipinski definition) is 9. The number of likely N-dealkylation sites (tertiary alicyclic amines) is 1. The van der Waals surface area contributed by atoms with Crippen molar-refractivity contribution in [1.82, 2.24) is 25.1 Å². The van der Waals surface area contributed by atoms with Crippen LogP contribution in [0.15, 0.2) is 52.1 Å². The third kappa shape index (κ3) is 5.99. The fourth-order valence-electron chi connectivity index (χ4n) is 5.06. The van der Waals surface area contributed by atoms with Gasteiger partial charge in [-0.3, -0.25) is 9.59 Å². The molecule has 0 aliphatic carbocycles. The van der Waals surface area contributed by atoms with Crippen LogP contribution in [0.5, 0.6) is 17.2 Å². The lowest BCUT2D eigenvalue weighted by atomic mass is 9.94. The minimum atomic E-state index is -0.699. The Morgan fingerprint density at radius 3 is 2.66 bits per heavy atom. The Labute approximate surface area is 246 Å². The van der Waals surface area contributed by atoms with Crippen molar-refractivity contribution in [1.29, 1.82) is 0 Å². The number of amides is 2. The fourth-order valence-corrected chi connectivity index (χ4v) is 5.64. The maximum absolute atomic E-state index is 13.8. The Balaban J connectivity index is 1.46. The van der Waals surface area contributed by atoms with Crippen LogP contribution in [0.25, 0.3) is 0 Å². The first-order valence-corrected chi connectivity index (χ1v) is 14.3. The van der Waals surface area contributed by atoms with Crippen molar-refractivity contribution in [2.24, 2.45) is 0 Å². The fraction of sp³-hybridized carbons (Fsp3) is 0.393. The Kier molecular flexibility index (Phi) is 8.72. The van der Waals surface area contributed by atoms with E-state index in [1.165, 1.54) is 11.8 Å². The summed E-state index contributed by atoms with van der Waals surface area (Å²) < 4.78 is 19.4. The molecule has 0 saturated carbocycles. The van der Waals surface area contributed by atoms with E-state index in [4.69, 9.17) is 14.2 Å². The van der Waals surface area contributed by atoms with Gasteiger partial charge in [-0.25, -0.2) is 0 Å². The van der Waals surface area contributed by atoms with Crippen molar-refractivity contribution in [3.63, 3.8) is 0 Å². The van der Waals surface area contributed by atoms with Gasteiger partial charge in [0.15, 0.2) is 18.1 Å². The average Bonchev–Trinajstić information content (AvgIpc) is 3.44. The Bertz CT molecular complexity index is 1470. The topological polar surface area (TPSA) is 133 Å². The van der Waals surface area contributed by atoms with Crippen LogP contribution < -0.4 is 24.8 Å². The van der Waals surface area contributed by atoms with Crippen LogP contribution >= 0.6 is 15.9 Å². The highest BCUT2D eigenvalue weighted by Crippen LogP contribution is 2.43. The molecule has 2 amide bonds. The second kappa shape index (κ2) is 12.6. The standard InChI is InChI=1S/C28H32BrN7O5/c1-4-40-21-11-7-6-10-20(21)31-27(38)24-17(2)30-28-32-33-34-36(28)25(24)18-14-19(29)26(22(15-18)39-3)41-16-23(37)35-12-8-5-9-13-35/h6-7,10-11,14-15,25H,4-5,8-9,12-13,16H2,1-3H3,(H,31,38)(H,30,32,34). The van der Waals surface area contributed by atoms with Gasteiger partial charge in [-0.2, -0.15) is 4.68 Å². The maximum Gasteiger partial charge on any atom is 0.260 e. The number of hydrogen-bond donors (Lipinski definition) is 2. The zero-order valence-electron chi connectivity index (χ0n) is 23.1. The van der Waals surface area contributed by atoms with Gasteiger partial charge in [0, 0.05) is 18.8 Å². The average molecular weight is 627 g/mol. The lowest BCUT2D eigenvalue weighted by molar-refractivity contribution is -0.134. The second-order valence-electron chi connectivity index (χ2n) is 9.66. The summed E-state index contributed by atoms with van der Waals surface area (Å²) in [6.07, 6.45) is 3.14. The summed E-state index contributed by atoms with van der Waals surface area (Å²) in [6, 6.07) is 10.1. The van der Waals surface area contributed by atoms with Gasteiger partial charge >= 0.3 is 0 Å². The molecule has 2 aromatic carbocycles. The van der Waals surface area contributed by atoms with Crippen LogP contribution in [0.2, 0.25) is 0 Å². The van der Waals surface area contributed by atoms with Crippen molar-refractivity contribution in [2.45, 2.75) is 39.2 Å². The molecule has 2 aliphatic rings. The van der Waals surface area contributed by atoms with Gasteiger partial charge in [0.25, 0.3) is 11.8 Å². The number of carbonyl (C=O) groups is 2. The van der Waals surface area contributed by atoms with Crippen LogP contribution in [-0.2, 0) is 9.59 Å². The van der Waals surface area contributed by atoms with Gasteiger partial charge in [-0.1, -0.05) is 17.2 Å². The summed E-state index contributed by atoms with van der Waals surface area (Å²) in [5.41, 5.74) is 2.20. The Hall–Kier alpha value is -4.13. The summed E-state index contributed by atoms with van der Waals surface area (Å²) in [5.74, 6) is 1.33. The molecule has 3 heterocycles. The van der Waals surface area contributed by atoms with Crippen LogP contribution in [0.4, 0.5) is 11.6 Å². The minimum Gasteiger partial charge on any atom is -0.493 e. The number of fused-ring (bicyclic) bond motifs is 1. The lowest BCUT2D eigenvalue weighted by Gasteiger charge is -2.29. The van der Waals surface area contributed by atoms with Crippen LogP contribution in [0.1, 0.15) is 44.7 Å². The number of carbonyl (C=O) groups excluding carboxylic acids is 2. The minimum absolute atomic E-state index is 0.0655. The lowest BCUT2D eigenvalue weighted by Crippen LogP contribution is -2.38. The van der Waals surface area contributed by atoms with Crippen molar-refractivity contribution in [3.8, 4) is 17.2 Å². The third-order valence-electron chi connectivity index (χ3n) is 7.01. The number of allylic oxidation sites excluding steroid dienone is 1. The number of piperidine rings is 1. The third-order valence-corrected chi connectivity index (χ3v) is 7.60. The smallest absolute Gasteiger partial charge is 0.260 e. The molecule has 1 saturated heterocycles. The molecule has 3 aromatic rings. The SMILES string of the molecule is CCOc1ccccc1NC(=O)C1=C(C)Nc2nnnn2C1c1cc(Br)c(OCC(=O)N2CCCCC2)c(OC)c1. The van der Waals surface area contributed by atoms with Crippen LogP contribution in [0.3, 0.4) is 0 Å². The van der Waals surface area contributed by atoms with Crippen molar-refractivity contribution in [3.05, 3.63) is 57.7 Å². The molecule has 2 N–H and O–H groups in total. The summed E-state index contributed by atoms with van der Waals surface area (Å²) in [5, 5.41) is 18.2. The van der Waals surface area contributed by atoms with Crippen molar-refractivity contribution in [2.75, 3.05) is 44.0 Å². The number of rotatable bonds is 9. The predicted octanol–water partition coefficient (Wildman–Crippen LogP) is 4.16. The zero-order chi connectivity index (χ0) is 28.9. The summed E-state index contributed by atoms with van der Waals surface area (Å²) in [7, 11) is 1.52. The normalized spacial score (nSPS) is 16.5. The van der Waals surface area contributed by atoms with Gasteiger partial charge in [-0.15, -0.1) is 0 Å². The van der Waals surface area contributed by atoms with E-state index in [-0.39, 0.29) is 18.4 Å². The van der Waals surface area contributed by atoms with Gasteiger partial charge in [0.2, 0.25) is 5.95 Å². The van der Waals surface area contributed by atoms with E-state index in [0.717, 1.165) is 32.4 Å². The largest absolute Gasteiger partial charge is 0.493 e. The highest BCUT2D eigenvalue weighted by molar-refractivity contribution is 9.10. The van der Waals surface area contributed by atoms with E-state index in [2.05, 4.69) is 42.1 Å². The molecule has 216 valence electrons. The van der Waals surface area contributed by atoms with Crippen LogP contribution in [-0.4, -0.2) is 70.3 Å². The molecule has 12 nitrogen and oxygen atoms in total. The molecule has 2 aliphatic heterocycles. The number of para-hydroxylation sites is 2. The second-order valence-corrected chi connectivity index (χ2v) is 10.5. The highest BCUT2D eigenvalue weighted by atomic mass is 79.9. The molecule has 0 radical (unpaired) electrons. The number of ether oxygens (including phenoxy) is 3. The molecule has 0 bridgehead atoms. The van der Waals surface area contributed by atoms with Gasteiger partial charge in [0.1, 0.15) is 11.8 Å². The first kappa shape index (κ1) is 28.4. The number of halogens is 1.